The Labute approximate surface area is 189 Å². The molecule has 0 spiro atoms. The van der Waals surface area contributed by atoms with Crippen molar-refractivity contribution in [3.8, 4) is 5.75 Å². The molecule has 2 saturated carbocycles. The molecular weight excluding hydrogens is 410 g/mol. The molecule has 2 aliphatic carbocycles. The van der Waals surface area contributed by atoms with Gasteiger partial charge in [0.1, 0.15) is 24.2 Å². The maximum atomic E-state index is 11.0. The van der Waals surface area contributed by atoms with Crippen molar-refractivity contribution in [2.75, 3.05) is 19.4 Å². The number of aromatic nitrogens is 1. The second-order valence-corrected chi connectivity index (χ2v) is 8.14. The van der Waals surface area contributed by atoms with E-state index in [4.69, 9.17) is 15.6 Å². The molecule has 0 radical (unpaired) electrons. The minimum atomic E-state index is -1.15. The van der Waals surface area contributed by atoms with Crippen molar-refractivity contribution in [1.29, 1.82) is 0 Å². The Morgan fingerprint density at radius 2 is 1.91 bits per heavy atom. The van der Waals surface area contributed by atoms with E-state index in [1.165, 1.54) is 44.6 Å². The van der Waals surface area contributed by atoms with E-state index in [9.17, 15) is 14.7 Å². The molecule has 0 bridgehead atoms. The quantitative estimate of drug-likeness (QED) is 0.510. The number of aryl methyl sites for hydroxylation is 1. The van der Waals surface area contributed by atoms with Crippen molar-refractivity contribution < 1.29 is 24.5 Å². The first-order chi connectivity index (χ1) is 15.4. The number of carboxylic acids is 1. The third kappa shape index (κ3) is 7.17. The molecule has 32 heavy (non-hydrogen) atoms. The first-order valence-electron chi connectivity index (χ1n) is 11.2. The van der Waals surface area contributed by atoms with Crippen LogP contribution in [0.15, 0.2) is 18.2 Å². The van der Waals surface area contributed by atoms with E-state index in [2.05, 4.69) is 17.3 Å². The molecular formula is C24H35N3O5. The zero-order chi connectivity index (χ0) is 23.5. The number of benzene rings is 1. The summed E-state index contributed by atoms with van der Waals surface area (Å²) in [6.07, 6.45) is 11.9. The Morgan fingerprint density at radius 1 is 1.22 bits per heavy atom. The molecule has 5 N–H and O–H groups in total. The van der Waals surface area contributed by atoms with E-state index >= 15 is 0 Å². The third-order valence-corrected chi connectivity index (χ3v) is 5.89. The van der Waals surface area contributed by atoms with Crippen LogP contribution in [0.5, 0.6) is 5.75 Å². The topological polar surface area (TPSA) is 135 Å². The molecule has 8 nitrogen and oxygen atoms in total. The molecule has 0 atom stereocenters. The fourth-order valence-corrected chi connectivity index (χ4v) is 3.83. The summed E-state index contributed by atoms with van der Waals surface area (Å²) in [5.74, 6) is -1.21. The van der Waals surface area contributed by atoms with Crippen molar-refractivity contribution >= 4 is 28.8 Å². The number of phenolic OH excluding ortho intramolecular Hbond substituents is 1. The predicted octanol–water partition coefficient (Wildman–Crippen LogP) is 3.82. The Bertz CT molecular complexity index is 893. The number of anilines is 1. The van der Waals surface area contributed by atoms with Crippen molar-refractivity contribution in [2.45, 2.75) is 70.4 Å². The summed E-state index contributed by atoms with van der Waals surface area (Å²) in [6.45, 7) is 1.86. The van der Waals surface area contributed by atoms with Crippen LogP contribution in [0, 0.1) is 6.92 Å². The number of aldehydes is 1. The lowest BCUT2D eigenvalue weighted by molar-refractivity contribution is -0.115. The van der Waals surface area contributed by atoms with Crippen LogP contribution < -0.4 is 11.1 Å². The maximum Gasteiger partial charge on any atom is 0.339 e. The highest BCUT2D eigenvalue weighted by Gasteiger charge is 2.18. The number of pyridine rings is 1. The van der Waals surface area contributed by atoms with E-state index < -0.39 is 5.97 Å². The summed E-state index contributed by atoms with van der Waals surface area (Å²) in [5.41, 5.74) is 6.55. The number of nitrogens with one attached hydrogen (secondary N) is 1. The highest BCUT2D eigenvalue weighted by molar-refractivity contribution is 6.06. The summed E-state index contributed by atoms with van der Waals surface area (Å²) in [5, 5.41) is 22.2. The second-order valence-electron chi connectivity index (χ2n) is 8.14. The number of hydrogen-bond acceptors (Lipinski definition) is 7. The van der Waals surface area contributed by atoms with Gasteiger partial charge in [-0.05, 0) is 58.2 Å². The van der Waals surface area contributed by atoms with Crippen LogP contribution in [0.3, 0.4) is 0 Å². The summed E-state index contributed by atoms with van der Waals surface area (Å²) < 4.78 is 5.06. The number of carbonyl (C=O) groups is 2. The molecule has 4 rings (SSSR count). The fraction of sp³-hybridized carbons (Fsp3) is 0.542. The summed E-state index contributed by atoms with van der Waals surface area (Å²) >= 11 is 0. The predicted molar refractivity (Wildman–Crippen MR) is 125 cm³/mol. The molecule has 0 aliphatic heterocycles. The van der Waals surface area contributed by atoms with Gasteiger partial charge in [0, 0.05) is 6.04 Å². The number of carboxylic acid groups (broad SMARTS) is 1. The van der Waals surface area contributed by atoms with Crippen molar-refractivity contribution in [2.24, 2.45) is 0 Å². The molecule has 2 aliphatic rings. The second kappa shape index (κ2) is 13.0. The number of ether oxygens (including phenoxy) is 1. The molecule has 1 aromatic carbocycles. The Balaban J connectivity index is 0.000000190. The number of aromatic hydroxyl groups is 1. The van der Waals surface area contributed by atoms with E-state index in [-0.39, 0.29) is 29.0 Å². The summed E-state index contributed by atoms with van der Waals surface area (Å²) in [7, 11) is 2.07. The number of fused-ring (bicyclic) bond motifs is 1. The molecule has 2 aromatic rings. The van der Waals surface area contributed by atoms with Gasteiger partial charge in [-0.25, -0.2) is 4.79 Å². The molecule has 0 unspecified atom stereocenters. The molecule has 0 saturated heterocycles. The van der Waals surface area contributed by atoms with Gasteiger partial charge in [0.25, 0.3) is 0 Å². The van der Waals surface area contributed by atoms with Gasteiger partial charge in [-0.3, -0.25) is 4.98 Å². The van der Waals surface area contributed by atoms with Gasteiger partial charge in [0.15, 0.2) is 0 Å². The highest BCUT2D eigenvalue weighted by Crippen LogP contribution is 2.32. The smallest absolute Gasteiger partial charge is 0.339 e. The van der Waals surface area contributed by atoms with Crippen LogP contribution in [-0.2, 0) is 9.53 Å². The lowest BCUT2D eigenvalue weighted by Crippen LogP contribution is -2.26. The first kappa shape index (κ1) is 25.5. The summed E-state index contributed by atoms with van der Waals surface area (Å²) in [4.78, 5) is 24.8. The third-order valence-electron chi connectivity index (χ3n) is 5.89. The van der Waals surface area contributed by atoms with E-state index in [0.717, 1.165) is 25.2 Å². The van der Waals surface area contributed by atoms with Crippen LogP contribution in [0.4, 0.5) is 5.69 Å². The zero-order valence-electron chi connectivity index (χ0n) is 19.0. The lowest BCUT2D eigenvalue weighted by Gasteiger charge is -2.24. The van der Waals surface area contributed by atoms with Crippen LogP contribution in [0.1, 0.15) is 67.4 Å². The number of nitrogen functional groups attached to an aromatic ring is 1. The SMILES string of the molecule is CNC1CCCCC1.Cc1nc2cccc(O)c2c(N)c1C(=O)O.O=CCOC1CCC1. The van der Waals surface area contributed by atoms with Crippen LogP contribution in [0.2, 0.25) is 0 Å². The van der Waals surface area contributed by atoms with E-state index in [0.29, 0.717) is 17.3 Å². The normalized spacial score (nSPS) is 16.2. The van der Waals surface area contributed by atoms with Crippen LogP contribution in [-0.4, -0.2) is 53.3 Å². The van der Waals surface area contributed by atoms with Gasteiger partial charge in [-0.2, -0.15) is 0 Å². The van der Waals surface area contributed by atoms with Gasteiger partial charge < -0.3 is 30.8 Å². The number of rotatable bonds is 5. The van der Waals surface area contributed by atoms with Gasteiger partial charge in [-0.15, -0.1) is 0 Å². The zero-order valence-corrected chi connectivity index (χ0v) is 19.0. The van der Waals surface area contributed by atoms with Crippen LogP contribution >= 0.6 is 0 Å². The minimum Gasteiger partial charge on any atom is -0.507 e. The maximum absolute atomic E-state index is 11.0. The van der Waals surface area contributed by atoms with Crippen molar-refractivity contribution in [1.82, 2.24) is 10.3 Å². The molecule has 1 aromatic heterocycles. The Morgan fingerprint density at radius 3 is 2.41 bits per heavy atom. The molecule has 0 amide bonds. The Hall–Kier alpha value is -2.71. The number of carbonyl (C=O) groups excluding carboxylic acids is 1. The average molecular weight is 446 g/mol. The molecule has 2 fully saturated rings. The number of nitrogens with zero attached hydrogens (tertiary/aromatic N) is 1. The number of aromatic carboxylic acids is 1. The monoisotopic (exact) mass is 445 g/mol. The van der Waals surface area contributed by atoms with Gasteiger partial charge in [0.2, 0.25) is 0 Å². The molecule has 1 heterocycles. The number of hydrogen-bond donors (Lipinski definition) is 4. The minimum absolute atomic E-state index is 0.0492. The highest BCUT2D eigenvalue weighted by atomic mass is 16.5. The van der Waals surface area contributed by atoms with Gasteiger partial charge >= 0.3 is 5.97 Å². The largest absolute Gasteiger partial charge is 0.507 e. The number of nitrogens with two attached hydrogens (primary N) is 1. The van der Waals surface area contributed by atoms with E-state index in [1.807, 2.05) is 0 Å². The summed E-state index contributed by atoms with van der Waals surface area (Å²) in [6, 6.07) is 5.58. The van der Waals surface area contributed by atoms with Crippen LogP contribution in [0.25, 0.3) is 10.9 Å². The first-order valence-corrected chi connectivity index (χ1v) is 11.2. The van der Waals surface area contributed by atoms with Crippen molar-refractivity contribution in [3.05, 3.63) is 29.5 Å². The van der Waals surface area contributed by atoms with Gasteiger partial charge in [0.05, 0.1) is 28.4 Å². The van der Waals surface area contributed by atoms with E-state index in [1.54, 1.807) is 19.1 Å². The molecule has 176 valence electrons. The standard InChI is InChI=1S/C11H10N2O3.C7H15N.C6H10O2/c1-5-8(11(15)16)10(12)9-6(13-5)3-2-4-7(9)14;1-8-7-5-3-2-4-6-7;7-4-5-8-6-2-1-3-6/h2-4,14H,1H3,(H2,12,13)(H,15,16);7-8H,2-6H2,1H3;4,6H,1-3,5H2. The van der Waals surface area contributed by atoms with Crippen molar-refractivity contribution in [3.63, 3.8) is 0 Å². The number of phenols is 1. The lowest BCUT2D eigenvalue weighted by atomic mass is 9.96. The van der Waals surface area contributed by atoms with Gasteiger partial charge in [-0.1, -0.05) is 25.3 Å². The average Bonchev–Trinajstić information content (AvgIpc) is 2.74. The fourth-order valence-electron chi connectivity index (χ4n) is 3.83. The Kier molecular flexibility index (Phi) is 10.4. The molecule has 8 heteroatoms.